The number of hydrogen-bond acceptors (Lipinski definition) is 4. The lowest BCUT2D eigenvalue weighted by atomic mass is 9.85. The van der Waals surface area contributed by atoms with Gasteiger partial charge < -0.3 is 17.4 Å². The van der Waals surface area contributed by atoms with E-state index in [-0.39, 0.29) is 33.1 Å². The number of benzene rings is 1. The van der Waals surface area contributed by atoms with Crippen LogP contribution in [0.4, 0.5) is 0 Å². The number of Topliss-reactive ketones (excluding diaryl/α,β-unsaturated/α-hetero) is 1. The molecule has 0 bridgehead atoms. The molecule has 1 amide bonds. The SMILES string of the molecule is CCCC[N+]1(C(=O)C(=O)C2CCCCC2)CC(c2ccccc2)C[C@H]1C(=O)[S-]. The van der Waals surface area contributed by atoms with Crippen molar-refractivity contribution in [3.8, 4) is 0 Å². The average molecular weight is 402 g/mol. The number of nitrogens with zero attached hydrogens (tertiary/aromatic N) is 1. The maximum atomic E-state index is 13.6. The van der Waals surface area contributed by atoms with Crippen molar-refractivity contribution in [2.45, 2.75) is 70.3 Å². The summed E-state index contributed by atoms with van der Waals surface area (Å²) < 4.78 is -0.0505. The van der Waals surface area contributed by atoms with Crippen molar-refractivity contribution in [1.82, 2.24) is 0 Å². The fourth-order valence-corrected chi connectivity index (χ4v) is 5.40. The number of likely N-dealkylation sites (tertiary alicyclic amines) is 1. The van der Waals surface area contributed by atoms with Crippen LogP contribution < -0.4 is 0 Å². The first-order chi connectivity index (χ1) is 13.5. The van der Waals surface area contributed by atoms with Gasteiger partial charge in [0, 0.05) is 18.3 Å². The van der Waals surface area contributed by atoms with Crippen LogP contribution in [0.15, 0.2) is 30.3 Å². The van der Waals surface area contributed by atoms with Crippen molar-refractivity contribution in [3.63, 3.8) is 0 Å². The van der Waals surface area contributed by atoms with Crippen molar-refractivity contribution in [3.05, 3.63) is 35.9 Å². The topological polar surface area (TPSA) is 51.2 Å². The van der Waals surface area contributed by atoms with Crippen molar-refractivity contribution in [2.24, 2.45) is 5.92 Å². The van der Waals surface area contributed by atoms with Gasteiger partial charge in [-0.1, -0.05) is 62.9 Å². The van der Waals surface area contributed by atoms with Crippen molar-refractivity contribution in [1.29, 1.82) is 0 Å². The second-order valence-electron chi connectivity index (χ2n) is 8.48. The van der Waals surface area contributed by atoms with Crippen LogP contribution in [0.2, 0.25) is 0 Å². The Labute approximate surface area is 173 Å². The zero-order chi connectivity index (χ0) is 20.1. The molecular formula is C23H31NO3S. The number of quaternary nitrogens is 1. The molecule has 1 aliphatic heterocycles. The fraction of sp³-hybridized carbons (Fsp3) is 0.609. The van der Waals surface area contributed by atoms with Crippen LogP contribution in [-0.2, 0) is 27.0 Å². The second kappa shape index (κ2) is 9.27. The highest BCUT2D eigenvalue weighted by atomic mass is 32.1. The first-order valence-corrected chi connectivity index (χ1v) is 11.1. The molecule has 1 aliphatic carbocycles. The van der Waals surface area contributed by atoms with Gasteiger partial charge in [0.05, 0.1) is 18.2 Å². The van der Waals surface area contributed by atoms with Gasteiger partial charge in [-0.25, -0.2) is 9.28 Å². The van der Waals surface area contributed by atoms with Gasteiger partial charge in [0.25, 0.3) is 5.78 Å². The Morgan fingerprint density at radius 2 is 1.75 bits per heavy atom. The summed E-state index contributed by atoms with van der Waals surface area (Å²) in [6.45, 7) is 3.11. The molecule has 1 heterocycles. The molecule has 0 spiro atoms. The molecule has 1 saturated heterocycles. The lowest BCUT2D eigenvalue weighted by molar-refractivity contribution is -0.854. The largest absolute Gasteiger partial charge is 0.736 e. The Balaban J connectivity index is 1.93. The van der Waals surface area contributed by atoms with Gasteiger partial charge in [0.1, 0.15) is 6.04 Å². The minimum absolute atomic E-state index is 0.0505. The van der Waals surface area contributed by atoms with Gasteiger partial charge >= 0.3 is 5.91 Å². The summed E-state index contributed by atoms with van der Waals surface area (Å²) in [7, 11) is 0. The summed E-state index contributed by atoms with van der Waals surface area (Å²) in [4.78, 5) is 39.2. The van der Waals surface area contributed by atoms with E-state index < -0.39 is 6.04 Å². The molecule has 152 valence electrons. The van der Waals surface area contributed by atoms with Crippen molar-refractivity contribution >= 4 is 29.4 Å². The fourth-order valence-electron chi connectivity index (χ4n) is 5.10. The van der Waals surface area contributed by atoms with Crippen LogP contribution in [0.3, 0.4) is 0 Å². The Hall–Kier alpha value is -1.59. The number of rotatable bonds is 7. The molecule has 3 rings (SSSR count). The normalized spacial score (nSPS) is 28.2. The monoisotopic (exact) mass is 401 g/mol. The second-order valence-corrected chi connectivity index (χ2v) is 8.88. The smallest absolute Gasteiger partial charge is 0.382 e. The lowest BCUT2D eigenvalue weighted by Gasteiger charge is -2.38. The Bertz CT molecular complexity index is 714. The number of hydrogen-bond donors (Lipinski definition) is 0. The third-order valence-electron chi connectivity index (χ3n) is 6.70. The van der Waals surface area contributed by atoms with Crippen molar-refractivity contribution < 1.29 is 18.9 Å². The van der Waals surface area contributed by atoms with Gasteiger partial charge in [0.15, 0.2) is 0 Å². The van der Waals surface area contributed by atoms with Gasteiger partial charge in [-0.3, -0.25) is 4.79 Å². The third-order valence-corrected chi connectivity index (χ3v) is 6.97. The molecule has 28 heavy (non-hydrogen) atoms. The number of amides is 1. The van der Waals surface area contributed by atoms with E-state index in [9.17, 15) is 14.4 Å². The van der Waals surface area contributed by atoms with E-state index >= 15 is 0 Å². The Kier molecular flexibility index (Phi) is 7.00. The molecule has 0 N–H and O–H groups in total. The van der Waals surface area contributed by atoms with Gasteiger partial charge in [-0.2, -0.15) is 0 Å². The van der Waals surface area contributed by atoms with Gasteiger partial charge in [0.2, 0.25) is 0 Å². The molecule has 0 radical (unpaired) electrons. The summed E-state index contributed by atoms with van der Waals surface area (Å²) in [6, 6.07) is 9.44. The van der Waals surface area contributed by atoms with E-state index in [2.05, 4.69) is 6.92 Å². The molecular weight excluding hydrogens is 370 g/mol. The van der Waals surface area contributed by atoms with Crippen LogP contribution in [0.1, 0.15) is 69.8 Å². The molecule has 2 fully saturated rings. The molecule has 3 atom stereocenters. The van der Waals surface area contributed by atoms with Crippen molar-refractivity contribution in [2.75, 3.05) is 13.1 Å². The predicted molar refractivity (Wildman–Crippen MR) is 111 cm³/mol. The van der Waals surface area contributed by atoms with Crippen LogP contribution in [0, 0.1) is 5.92 Å². The summed E-state index contributed by atoms with van der Waals surface area (Å²) in [6.07, 6.45) is 7.03. The number of carbonyl (C=O) groups is 3. The minimum Gasteiger partial charge on any atom is -0.736 e. The molecule has 1 aromatic rings. The standard InChI is InChI=1S/C23H31NO3S/c1-2-3-14-24(22(26)21(25)18-12-8-5-9-13-18)16-19(15-20(24)23(27)28)17-10-6-4-7-11-17/h4,6-7,10-11,18-20H,2-3,5,8-9,12-16H2,1H3/t19?,20-,24?/m0/s1. The van der Waals surface area contributed by atoms with Crippen LogP contribution >= 0.6 is 0 Å². The maximum absolute atomic E-state index is 13.6. The van der Waals surface area contributed by atoms with E-state index in [1.54, 1.807) is 0 Å². The van der Waals surface area contributed by atoms with Crippen LogP contribution in [0.25, 0.3) is 0 Å². The first kappa shape index (κ1) is 21.1. The predicted octanol–water partition coefficient (Wildman–Crippen LogP) is 3.91. The molecule has 0 aromatic heterocycles. The summed E-state index contributed by atoms with van der Waals surface area (Å²) in [5.74, 6) is -0.708. The van der Waals surface area contributed by atoms with E-state index in [4.69, 9.17) is 12.6 Å². The molecule has 4 nitrogen and oxygen atoms in total. The average Bonchev–Trinajstić information content (AvgIpc) is 3.13. The zero-order valence-electron chi connectivity index (χ0n) is 16.8. The molecule has 1 saturated carbocycles. The molecule has 1 aromatic carbocycles. The van der Waals surface area contributed by atoms with Crippen LogP contribution in [-0.4, -0.2) is 40.4 Å². The summed E-state index contributed by atoms with van der Waals surface area (Å²) >= 11 is 5.09. The van der Waals surface area contributed by atoms with Gasteiger partial charge in [-0.15, -0.1) is 0 Å². The molecule has 2 aliphatic rings. The van der Waals surface area contributed by atoms with Gasteiger partial charge in [-0.05, 0) is 24.8 Å². The third kappa shape index (κ3) is 4.20. The highest BCUT2D eigenvalue weighted by Gasteiger charge is 2.55. The van der Waals surface area contributed by atoms with E-state index in [1.165, 1.54) is 0 Å². The Morgan fingerprint density at radius 3 is 2.36 bits per heavy atom. The summed E-state index contributed by atoms with van der Waals surface area (Å²) in [5.41, 5.74) is 1.12. The zero-order valence-corrected chi connectivity index (χ0v) is 17.6. The van der Waals surface area contributed by atoms with E-state index in [1.807, 2.05) is 30.3 Å². The first-order valence-electron chi connectivity index (χ1n) is 10.7. The summed E-state index contributed by atoms with van der Waals surface area (Å²) in [5, 5.41) is -0.376. The highest BCUT2D eigenvalue weighted by Crippen LogP contribution is 2.40. The quantitative estimate of drug-likeness (QED) is 0.395. The lowest BCUT2D eigenvalue weighted by Crippen LogP contribution is -2.62. The van der Waals surface area contributed by atoms with Crippen LogP contribution in [0.5, 0.6) is 0 Å². The minimum atomic E-state index is -0.577. The highest BCUT2D eigenvalue weighted by molar-refractivity contribution is 7.77. The Morgan fingerprint density at radius 1 is 1.07 bits per heavy atom. The number of ketones is 1. The van der Waals surface area contributed by atoms with E-state index in [0.29, 0.717) is 19.5 Å². The van der Waals surface area contributed by atoms with E-state index in [0.717, 1.165) is 50.5 Å². The molecule has 5 heteroatoms. The number of unbranched alkanes of at least 4 members (excludes halogenated alkanes) is 1. The maximum Gasteiger partial charge on any atom is 0.382 e. The molecule has 2 unspecified atom stereocenters. The number of carbonyl (C=O) groups excluding carboxylic acids is 3.